The normalized spacial score (nSPS) is 21.5. The van der Waals surface area contributed by atoms with Crippen LogP contribution in [0.25, 0.3) is 0 Å². The van der Waals surface area contributed by atoms with Crippen LogP contribution in [0.2, 0.25) is 0 Å². The van der Waals surface area contributed by atoms with Gasteiger partial charge in [-0.25, -0.2) is 0 Å². The van der Waals surface area contributed by atoms with Gasteiger partial charge < -0.3 is 0 Å². The van der Waals surface area contributed by atoms with E-state index in [1.54, 1.807) is 0 Å². The molecule has 1 aromatic heterocycles. The molecule has 174 valence electrons. The number of rotatable bonds is 0. The molecule has 2 aliphatic carbocycles. The summed E-state index contributed by atoms with van der Waals surface area (Å²) in [5.41, 5.74) is 1.59. The molecule has 0 amide bonds. The predicted molar refractivity (Wildman–Crippen MR) is 140 cm³/mol. The molecule has 10 radical (unpaired) electrons. The fraction of sp³-hybridized carbons (Fsp3) is 0.483. The van der Waals surface area contributed by atoms with Crippen LogP contribution in [0, 0.1) is 59.2 Å². The zero-order chi connectivity index (χ0) is 25.4. The molecule has 32 heavy (non-hydrogen) atoms. The van der Waals surface area contributed by atoms with Crippen LogP contribution >= 0.6 is 8.86 Å². The second-order valence-electron chi connectivity index (χ2n) is 9.74. The Labute approximate surface area is 220 Å². The first-order valence-corrected chi connectivity index (χ1v) is 14.6. The van der Waals surface area contributed by atoms with E-state index in [1.807, 2.05) is 12.4 Å². The molecular formula is C29H43NSZr. The molecule has 1 heterocycles. The Morgan fingerprint density at radius 2 is 0.688 bits per heavy atom. The zero-order valence-electron chi connectivity index (χ0n) is 22.7. The second kappa shape index (κ2) is 14.6. The average Bonchev–Trinajstić information content (AvgIpc) is 3.06. The van der Waals surface area contributed by atoms with Crippen LogP contribution in [-0.2, 0) is 28.1 Å². The minimum absolute atomic E-state index is 0.253. The van der Waals surface area contributed by atoms with Crippen LogP contribution < -0.4 is 0 Å². The van der Waals surface area contributed by atoms with E-state index in [1.165, 1.54) is 64.7 Å². The van der Waals surface area contributed by atoms with Gasteiger partial charge in [-0.2, -0.15) is 0 Å². The van der Waals surface area contributed by atoms with Gasteiger partial charge in [0.25, 0.3) is 0 Å². The molecule has 2 saturated carbocycles. The van der Waals surface area contributed by atoms with Gasteiger partial charge in [-0.1, -0.05) is 90.0 Å². The van der Waals surface area contributed by atoms with Crippen molar-refractivity contribution in [3.63, 3.8) is 0 Å². The van der Waals surface area contributed by atoms with E-state index in [0.29, 0.717) is 0 Å². The van der Waals surface area contributed by atoms with Crippen molar-refractivity contribution < 1.29 is 22.7 Å². The summed E-state index contributed by atoms with van der Waals surface area (Å²) >= 11 is 1.13. The molecule has 0 unspecified atom stereocenters. The van der Waals surface area contributed by atoms with E-state index in [4.69, 9.17) is 0 Å². The number of hydrogen-bond acceptors (Lipinski definition) is 2. The summed E-state index contributed by atoms with van der Waals surface area (Å²) in [5, 5.41) is 0. The molecule has 1 nitrogen and oxygen atoms in total. The fourth-order valence-electron chi connectivity index (χ4n) is 3.66. The Hall–Kier alpha value is 0.253. The summed E-state index contributed by atoms with van der Waals surface area (Å²) < 4.78 is 0. The number of pyridine rings is 1. The topological polar surface area (TPSA) is 12.9 Å². The van der Waals surface area contributed by atoms with Crippen molar-refractivity contribution in [3.8, 4) is 0 Å². The molecule has 3 heteroatoms. The predicted octanol–water partition coefficient (Wildman–Crippen LogP) is 8.97. The molecule has 0 bridgehead atoms. The molecule has 0 aliphatic heterocycles. The molecule has 2 fully saturated rings. The zero-order valence-corrected chi connectivity index (χ0v) is 25.9. The minimum atomic E-state index is 0.253. The number of aromatic nitrogens is 1. The van der Waals surface area contributed by atoms with Crippen molar-refractivity contribution in [1.29, 1.82) is 0 Å². The van der Waals surface area contributed by atoms with Crippen LogP contribution in [0.5, 0.6) is 0 Å². The van der Waals surface area contributed by atoms with Crippen molar-refractivity contribution in [2.24, 2.45) is 0 Å². The Bertz CT molecular complexity index is 508. The fourth-order valence-corrected chi connectivity index (χ4v) is 3.66. The first kappa shape index (κ1) is 32.3. The first-order valence-electron chi connectivity index (χ1n) is 11.2. The summed E-state index contributed by atoms with van der Waals surface area (Å²) in [6.07, 6.45) is 3.67. The third-order valence-corrected chi connectivity index (χ3v) is 7.17. The SMILES string of the molecule is CC(C)(C)c1ccncc1.C[C]1[C](C)[C](C)[C](C)[C]1C.C[C]1[C](C)[C](C)[C](C)[C]1C.[S]=[Zr]. The maximum atomic E-state index is 4.17. The van der Waals surface area contributed by atoms with Gasteiger partial charge in [-0.15, -0.1) is 0 Å². The van der Waals surface area contributed by atoms with Gasteiger partial charge in [-0.3, -0.25) is 4.98 Å². The van der Waals surface area contributed by atoms with E-state index in [2.05, 4.69) is 116 Å². The van der Waals surface area contributed by atoms with E-state index in [0.717, 1.165) is 22.7 Å². The molecule has 1 aromatic rings. The van der Waals surface area contributed by atoms with E-state index < -0.39 is 0 Å². The van der Waals surface area contributed by atoms with Gasteiger partial charge in [0.2, 0.25) is 0 Å². The maximum absolute atomic E-state index is 4.17. The third kappa shape index (κ3) is 8.80. The summed E-state index contributed by atoms with van der Waals surface area (Å²) in [4.78, 5) is 3.96. The van der Waals surface area contributed by atoms with Crippen LogP contribution in [0.4, 0.5) is 0 Å². The summed E-state index contributed by atoms with van der Waals surface area (Å²) in [7, 11) is 4.17. The van der Waals surface area contributed by atoms with Crippen LogP contribution in [0.1, 0.15) is 95.6 Å². The Morgan fingerprint density at radius 1 is 0.500 bits per heavy atom. The van der Waals surface area contributed by atoms with Gasteiger partial charge in [0.1, 0.15) is 0 Å². The standard InChI is InChI=1S/2C10H15.C9H13N.S.Zr/c2*1-6-7(2)9(4)10(5)8(6)3;1-9(2,3)8-4-6-10-7-5-8;;/h2*1-5H3;4-7H,1-3H3;;. The van der Waals surface area contributed by atoms with Crippen LogP contribution in [-0.4, -0.2) is 4.98 Å². The molecule has 0 spiro atoms. The number of nitrogens with zero attached hydrogens (tertiary/aromatic N) is 1. The van der Waals surface area contributed by atoms with Crippen molar-refractivity contribution in [2.45, 2.75) is 95.4 Å². The van der Waals surface area contributed by atoms with E-state index in [-0.39, 0.29) is 5.41 Å². The van der Waals surface area contributed by atoms with Gasteiger partial charge in [0, 0.05) is 12.4 Å². The Morgan fingerprint density at radius 3 is 0.812 bits per heavy atom. The number of hydrogen-bond donors (Lipinski definition) is 0. The summed E-state index contributed by atoms with van der Waals surface area (Å²) in [6.45, 7) is 28.6. The van der Waals surface area contributed by atoms with E-state index >= 15 is 0 Å². The molecule has 0 saturated heterocycles. The van der Waals surface area contributed by atoms with Gasteiger partial charge >= 0.3 is 31.5 Å². The molecule has 3 rings (SSSR count). The second-order valence-corrected chi connectivity index (χ2v) is 9.74. The van der Waals surface area contributed by atoms with Crippen LogP contribution in [0.3, 0.4) is 0 Å². The van der Waals surface area contributed by atoms with Crippen LogP contribution in [0.15, 0.2) is 24.5 Å². The van der Waals surface area contributed by atoms with Crippen molar-refractivity contribution in [3.05, 3.63) is 89.3 Å². The molecule has 0 atom stereocenters. The van der Waals surface area contributed by atoms with Crippen molar-refractivity contribution in [2.75, 3.05) is 0 Å². The Kier molecular flexibility index (Phi) is 14.7. The molecule has 0 aromatic carbocycles. The Balaban J connectivity index is 0.000000433. The summed E-state index contributed by atoms with van der Waals surface area (Å²) in [5.74, 6) is 14.7. The quantitative estimate of drug-likeness (QED) is 0.333. The molecule has 0 N–H and O–H groups in total. The van der Waals surface area contributed by atoms with E-state index in [9.17, 15) is 0 Å². The van der Waals surface area contributed by atoms with Gasteiger partial charge in [0.05, 0.1) is 0 Å². The van der Waals surface area contributed by atoms with Crippen molar-refractivity contribution >= 4 is 8.86 Å². The summed E-state index contributed by atoms with van der Waals surface area (Å²) in [6, 6.07) is 4.11. The third-order valence-electron chi connectivity index (χ3n) is 7.17. The van der Waals surface area contributed by atoms with Crippen molar-refractivity contribution in [1.82, 2.24) is 4.98 Å². The molecular weight excluding hydrogens is 486 g/mol. The molecule has 2 aliphatic rings. The average molecular weight is 529 g/mol. The van der Waals surface area contributed by atoms with Gasteiger partial charge in [0.15, 0.2) is 0 Å². The monoisotopic (exact) mass is 527 g/mol. The van der Waals surface area contributed by atoms with Gasteiger partial charge in [-0.05, 0) is 82.3 Å². The first-order chi connectivity index (χ1) is 14.7.